The molecule has 0 spiro atoms. The number of carbonyl (C=O) groups excluding carboxylic acids is 1. The van der Waals surface area contributed by atoms with E-state index in [0.717, 1.165) is 31.1 Å². The first-order chi connectivity index (χ1) is 13.7. The van der Waals surface area contributed by atoms with Gasteiger partial charge < -0.3 is 5.11 Å². The molecule has 1 aromatic heterocycles. The maximum Gasteiger partial charge on any atom is 0.159 e. The second kappa shape index (κ2) is 6.63. The van der Waals surface area contributed by atoms with Crippen LogP contribution in [0.25, 0.3) is 0 Å². The minimum absolute atomic E-state index is 0.148. The van der Waals surface area contributed by atoms with Crippen LogP contribution in [0.1, 0.15) is 78.6 Å². The van der Waals surface area contributed by atoms with Crippen molar-refractivity contribution in [3.05, 3.63) is 12.4 Å². The fourth-order valence-electron chi connectivity index (χ4n) is 8.53. The third-order valence-corrected chi connectivity index (χ3v) is 10.1. The smallest absolute Gasteiger partial charge is 0.159 e. The lowest BCUT2D eigenvalue weighted by atomic mass is 9.44. The topological polar surface area (TPSA) is 68.0 Å². The van der Waals surface area contributed by atoms with E-state index in [-0.39, 0.29) is 11.3 Å². The fourth-order valence-corrected chi connectivity index (χ4v) is 8.53. The van der Waals surface area contributed by atoms with Gasteiger partial charge in [-0.2, -0.15) is 15.0 Å². The number of rotatable bonds is 3. The van der Waals surface area contributed by atoms with E-state index in [2.05, 4.69) is 24.0 Å². The number of hydrogen-bond donors (Lipinski definition) is 1. The van der Waals surface area contributed by atoms with E-state index in [1.54, 1.807) is 17.2 Å². The molecule has 5 nitrogen and oxygen atoms in total. The summed E-state index contributed by atoms with van der Waals surface area (Å²) < 4.78 is 0. The molecule has 0 saturated heterocycles. The van der Waals surface area contributed by atoms with E-state index in [9.17, 15) is 9.90 Å². The molecule has 1 aromatic rings. The van der Waals surface area contributed by atoms with Crippen molar-refractivity contribution in [1.82, 2.24) is 15.0 Å². The molecule has 0 bridgehead atoms. The second-order valence-corrected chi connectivity index (χ2v) is 11.6. The summed E-state index contributed by atoms with van der Waals surface area (Å²) in [6.07, 6.45) is 13.6. The Bertz CT molecular complexity index is 775. The molecular weight excluding hydrogens is 362 g/mol. The Kier molecular flexibility index (Phi) is 4.51. The van der Waals surface area contributed by atoms with Crippen molar-refractivity contribution in [2.24, 2.45) is 40.4 Å². The molecule has 4 aliphatic carbocycles. The van der Waals surface area contributed by atoms with Gasteiger partial charge in [0.05, 0.1) is 18.0 Å². The van der Waals surface area contributed by atoms with Crippen molar-refractivity contribution in [3.8, 4) is 0 Å². The molecule has 0 amide bonds. The number of aromatic nitrogens is 3. The molecule has 4 aliphatic rings. The summed E-state index contributed by atoms with van der Waals surface area (Å²) in [6, 6.07) is 0. The van der Waals surface area contributed by atoms with E-state index in [1.165, 1.54) is 38.5 Å². The predicted octanol–water partition coefficient (Wildman–Crippen LogP) is 4.26. The Labute approximate surface area is 174 Å². The first kappa shape index (κ1) is 19.7. The van der Waals surface area contributed by atoms with Crippen LogP contribution in [0.15, 0.2) is 12.4 Å². The number of Topliss-reactive ketones (excluding diaryl/α,β-unsaturated/α-hetero) is 1. The van der Waals surface area contributed by atoms with Crippen LogP contribution in [0.3, 0.4) is 0 Å². The Balaban J connectivity index is 1.36. The largest absolute Gasteiger partial charge is 0.390 e. The van der Waals surface area contributed by atoms with Gasteiger partial charge in [-0.3, -0.25) is 4.79 Å². The molecule has 160 valence electrons. The van der Waals surface area contributed by atoms with Crippen molar-refractivity contribution >= 4 is 5.78 Å². The van der Waals surface area contributed by atoms with Gasteiger partial charge in [0, 0.05) is 5.92 Å². The van der Waals surface area contributed by atoms with Gasteiger partial charge in [0.15, 0.2) is 5.78 Å². The average molecular weight is 400 g/mol. The number of hydrogen-bond acceptors (Lipinski definition) is 4. The zero-order valence-corrected chi connectivity index (χ0v) is 18.3. The van der Waals surface area contributed by atoms with Crippen molar-refractivity contribution < 1.29 is 9.90 Å². The van der Waals surface area contributed by atoms with Crippen molar-refractivity contribution in [3.63, 3.8) is 0 Å². The highest BCUT2D eigenvalue weighted by Crippen LogP contribution is 2.68. The lowest BCUT2D eigenvalue weighted by Gasteiger charge is -2.61. The molecule has 5 heteroatoms. The van der Waals surface area contributed by atoms with Crippen LogP contribution in [0.4, 0.5) is 0 Å². The van der Waals surface area contributed by atoms with Gasteiger partial charge in [-0.1, -0.05) is 13.8 Å². The highest BCUT2D eigenvalue weighted by atomic mass is 16.3. The minimum Gasteiger partial charge on any atom is -0.390 e. The predicted molar refractivity (Wildman–Crippen MR) is 111 cm³/mol. The van der Waals surface area contributed by atoms with Crippen LogP contribution in [0.5, 0.6) is 0 Å². The molecule has 5 rings (SSSR count). The van der Waals surface area contributed by atoms with Gasteiger partial charge in [0.2, 0.25) is 0 Å². The monoisotopic (exact) mass is 399 g/mol. The number of nitrogens with zero attached hydrogens (tertiary/aromatic N) is 3. The maximum atomic E-state index is 13.2. The van der Waals surface area contributed by atoms with Gasteiger partial charge in [0.1, 0.15) is 6.54 Å². The molecule has 29 heavy (non-hydrogen) atoms. The van der Waals surface area contributed by atoms with E-state index in [4.69, 9.17) is 0 Å². The van der Waals surface area contributed by atoms with Gasteiger partial charge in [-0.25, -0.2) is 0 Å². The van der Waals surface area contributed by atoms with Crippen LogP contribution in [-0.2, 0) is 11.3 Å². The Morgan fingerprint density at radius 3 is 2.45 bits per heavy atom. The van der Waals surface area contributed by atoms with E-state index in [1.807, 2.05) is 6.92 Å². The first-order valence-electron chi connectivity index (χ1n) is 11.8. The average Bonchev–Trinajstić information content (AvgIpc) is 3.29. The lowest BCUT2D eigenvalue weighted by molar-refractivity contribution is -0.151. The molecular formula is C24H37N3O2. The zero-order chi connectivity index (χ0) is 20.4. The summed E-state index contributed by atoms with van der Waals surface area (Å²) in [5.74, 6) is 3.38. The molecule has 1 N–H and O–H groups in total. The second-order valence-electron chi connectivity index (χ2n) is 11.6. The minimum atomic E-state index is -0.467. The normalized spacial score (nSPS) is 49.2. The van der Waals surface area contributed by atoms with Gasteiger partial charge in [0.25, 0.3) is 0 Å². The molecule has 0 aliphatic heterocycles. The number of ketones is 1. The highest BCUT2D eigenvalue weighted by Gasteiger charge is 2.61. The summed E-state index contributed by atoms with van der Waals surface area (Å²) in [5.41, 5.74) is 0.0634. The summed E-state index contributed by atoms with van der Waals surface area (Å²) >= 11 is 0. The highest BCUT2D eigenvalue weighted by molar-refractivity contribution is 5.81. The SMILES string of the molecule is C[C@@]1(O)CC[C@@]2(C)[C@@H](CCC3[C@@H]2CC[C@]2(C)[C@@H](C(=O)Cn4nccn4)CC[C@@H]32)C1. The van der Waals surface area contributed by atoms with Crippen LogP contribution in [0, 0.1) is 40.4 Å². The Morgan fingerprint density at radius 2 is 1.69 bits per heavy atom. The summed E-state index contributed by atoms with van der Waals surface area (Å²) in [5, 5.41) is 19.0. The van der Waals surface area contributed by atoms with Crippen molar-refractivity contribution in [1.29, 1.82) is 0 Å². The van der Waals surface area contributed by atoms with E-state index < -0.39 is 5.60 Å². The van der Waals surface area contributed by atoms with Crippen LogP contribution >= 0.6 is 0 Å². The number of aliphatic hydroxyl groups is 1. The molecule has 4 fully saturated rings. The van der Waals surface area contributed by atoms with Gasteiger partial charge >= 0.3 is 0 Å². The quantitative estimate of drug-likeness (QED) is 0.825. The van der Waals surface area contributed by atoms with Crippen molar-refractivity contribution in [2.75, 3.05) is 0 Å². The summed E-state index contributed by atoms with van der Waals surface area (Å²) in [4.78, 5) is 14.7. The third-order valence-electron chi connectivity index (χ3n) is 10.1. The van der Waals surface area contributed by atoms with Crippen LogP contribution in [0.2, 0.25) is 0 Å². The molecule has 8 atom stereocenters. The molecule has 0 aromatic carbocycles. The number of fused-ring (bicyclic) bond motifs is 5. The van der Waals surface area contributed by atoms with E-state index >= 15 is 0 Å². The Hall–Kier alpha value is -1.23. The van der Waals surface area contributed by atoms with Gasteiger partial charge in [-0.05, 0) is 99.2 Å². The summed E-state index contributed by atoms with van der Waals surface area (Å²) in [7, 11) is 0. The lowest BCUT2D eigenvalue weighted by Crippen LogP contribution is -2.55. The molecule has 4 saturated carbocycles. The van der Waals surface area contributed by atoms with Crippen LogP contribution in [-0.4, -0.2) is 31.5 Å². The van der Waals surface area contributed by atoms with Crippen molar-refractivity contribution in [2.45, 2.75) is 90.7 Å². The zero-order valence-electron chi connectivity index (χ0n) is 18.3. The molecule has 0 radical (unpaired) electrons. The standard InChI is InChI=1S/C24H37N3O2/c1-22(29)10-11-23(2)16(14-22)4-5-17-18-6-7-20(24(18,3)9-8-19(17)23)21(28)15-27-25-12-13-26-27/h12-13,16-20,29H,4-11,14-15H2,1-3H3/t16-,17?,18-,19-,20+,22+,23-,24-/m0/s1. The number of carbonyl (C=O) groups is 1. The third kappa shape index (κ3) is 3.02. The summed E-state index contributed by atoms with van der Waals surface area (Å²) in [6.45, 7) is 7.31. The van der Waals surface area contributed by atoms with Gasteiger partial charge in [-0.15, -0.1) is 0 Å². The van der Waals surface area contributed by atoms with Crippen LogP contribution < -0.4 is 0 Å². The molecule has 1 heterocycles. The maximum absolute atomic E-state index is 13.2. The first-order valence-corrected chi connectivity index (χ1v) is 11.8. The fraction of sp³-hybridized carbons (Fsp3) is 0.875. The van der Waals surface area contributed by atoms with E-state index in [0.29, 0.717) is 29.6 Å². The molecule has 1 unspecified atom stereocenters. The Morgan fingerprint density at radius 1 is 0.966 bits per heavy atom.